The van der Waals surface area contributed by atoms with Gasteiger partial charge in [0.25, 0.3) is 0 Å². The van der Waals surface area contributed by atoms with E-state index in [0.29, 0.717) is 13.2 Å². The molecular weight excluding hydrogens is 254 g/mol. The maximum absolute atomic E-state index is 12.5. The lowest BCUT2D eigenvalue weighted by atomic mass is 9.79. The van der Waals surface area contributed by atoms with Crippen LogP contribution in [-0.2, 0) is 9.53 Å². The van der Waals surface area contributed by atoms with Crippen molar-refractivity contribution in [3.63, 3.8) is 0 Å². The molecule has 1 aromatic heterocycles. The number of nitrogens with zero attached hydrogens (tertiary/aromatic N) is 3. The van der Waals surface area contributed by atoms with Gasteiger partial charge in [-0.15, -0.1) is 0 Å². The van der Waals surface area contributed by atoms with Crippen molar-refractivity contribution in [3.05, 3.63) is 17.7 Å². The number of ether oxygens (including phenoxy) is 1. The number of rotatable bonds is 1. The van der Waals surface area contributed by atoms with E-state index in [1.54, 1.807) is 17.3 Å². The number of hydrogen-bond acceptors (Lipinski definition) is 4. The molecule has 18 heavy (non-hydrogen) atoms. The highest BCUT2D eigenvalue weighted by atomic mass is 35.5. The lowest BCUT2D eigenvalue weighted by molar-refractivity contribution is -0.130. The Bertz CT molecular complexity index is 457. The van der Waals surface area contributed by atoms with E-state index in [4.69, 9.17) is 16.3 Å². The summed E-state index contributed by atoms with van der Waals surface area (Å²) in [5, 5.41) is 0.200. The van der Waals surface area contributed by atoms with Crippen molar-refractivity contribution in [3.8, 4) is 0 Å². The molecule has 0 aromatic carbocycles. The summed E-state index contributed by atoms with van der Waals surface area (Å²) in [4.78, 5) is 22.2. The van der Waals surface area contributed by atoms with E-state index in [1.807, 2.05) is 0 Å². The van der Waals surface area contributed by atoms with Crippen LogP contribution in [0.25, 0.3) is 0 Å². The molecule has 1 spiro atoms. The van der Waals surface area contributed by atoms with Crippen molar-refractivity contribution in [1.29, 1.82) is 0 Å². The number of hydrogen-bond donors (Lipinski definition) is 0. The van der Waals surface area contributed by atoms with E-state index >= 15 is 0 Å². The molecule has 6 heteroatoms. The molecule has 2 aliphatic heterocycles. The maximum Gasteiger partial charge on any atom is 0.233 e. The highest BCUT2D eigenvalue weighted by molar-refractivity contribution is 6.28. The molecule has 2 saturated heterocycles. The average molecular weight is 268 g/mol. The lowest BCUT2D eigenvalue weighted by Crippen LogP contribution is -2.38. The Kier molecular flexibility index (Phi) is 2.95. The normalized spacial score (nSPS) is 22.7. The van der Waals surface area contributed by atoms with Crippen molar-refractivity contribution in [2.45, 2.75) is 19.3 Å². The molecule has 2 aliphatic rings. The zero-order valence-corrected chi connectivity index (χ0v) is 10.7. The molecule has 2 fully saturated rings. The average Bonchev–Trinajstić information content (AvgIpc) is 2.70. The van der Waals surface area contributed by atoms with Crippen LogP contribution >= 0.6 is 11.6 Å². The second-order valence-electron chi connectivity index (χ2n) is 4.81. The molecule has 1 aromatic rings. The van der Waals surface area contributed by atoms with Crippen LogP contribution in [0.15, 0.2) is 12.4 Å². The first-order valence-corrected chi connectivity index (χ1v) is 6.46. The Hall–Kier alpha value is -1.20. The Morgan fingerprint density at radius 2 is 1.89 bits per heavy atom. The van der Waals surface area contributed by atoms with Gasteiger partial charge in [-0.1, -0.05) is 0 Å². The maximum atomic E-state index is 12.5. The minimum atomic E-state index is -0.224. The molecule has 96 valence electrons. The highest BCUT2D eigenvalue weighted by Crippen LogP contribution is 2.42. The Morgan fingerprint density at radius 1 is 1.22 bits per heavy atom. The van der Waals surface area contributed by atoms with Crippen LogP contribution in [0.2, 0.25) is 5.28 Å². The summed E-state index contributed by atoms with van der Waals surface area (Å²) < 4.78 is 5.35. The smallest absolute Gasteiger partial charge is 0.233 e. The fraction of sp³-hybridized carbons (Fsp3) is 0.583. The first-order chi connectivity index (χ1) is 8.71. The van der Waals surface area contributed by atoms with Gasteiger partial charge in [-0.2, -0.15) is 0 Å². The van der Waals surface area contributed by atoms with Crippen LogP contribution < -0.4 is 4.90 Å². The topological polar surface area (TPSA) is 55.3 Å². The zero-order valence-electron chi connectivity index (χ0n) is 9.93. The van der Waals surface area contributed by atoms with Gasteiger partial charge in [0.2, 0.25) is 11.2 Å². The van der Waals surface area contributed by atoms with Gasteiger partial charge >= 0.3 is 0 Å². The van der Waals surface area contributed by atoms with Crippen molar-refractivity contribution in [2.75, 3.05) is 24.7 Å². The van der Waals surface area contributed by atoms with Crippen LogP contribution in [0.3, 0.4) is 0 Å². The van der Waals surface area contributed by atoms with Crippen LogP contribution in [0, 0.1) is 5.41 Å². The lowest BCUT2D eigenvalue weighted by Gasteiger charge is -2.31. The third-order valence-electron chi connectivity index (χ3n) is 3.88. The van der Waals surface area contributed by atoms with Crippen molar-refractivity contribution >= 4 is 23.2 Å². The first-order valence-electron chi connectivity index (χ1n) is 6.09. The number of halogens is 1. The van der Waals surface area contributed by atoms with E-state index < -0.39 is 0 Å². The quantitative estimate of drug-likeness (QED) is 0.726. The van der Waals surface area contributed by atoms with Gasteiger partial charge in [-0.3, -0.25) is 4.79 Å². The van der Waals surface area contributed by atoms with Crippen LogP contribution in [0.4, 0.5) is 5.69 Å². The number of amides is 1. The monoisotopic (exact) mass is 267 g/mol. The third-order valence-corrected chi connectivity index (χ3v) is 4.08. The molecule has 0 N–H and O–H groups in total. The summed E-state index contributed by atoms with van der Waals surface area (Å²) in [5.74, 6) is 0.178. The third kappa shape index (κ3) is 1.87. The molecule has 3 heterocycles. The Balaban J connectivity index is 1.83. The van der Waals surface area contributed by atoms with Gasteiger partial charge in [0, 0.05) is 19.8 Å². The van der Waals surface area contributed by atoms with E-state index in [9.17, 15) is 4.79 Å². The molecule has 5 nitrogen and oxygen atoms in total. The first kappa shape index (κ1) is 11.9. The van der Waals surface area contributed by atoms with Gasteiger partial charge in [0.1, 0.15) is 0 Å². The predicted molar refractivity (Wildman–Crippen MR) is 66.5 cm³/mol. The minimum Gasteiger partial charge on any atom is -0.381 e. The van der Waals surface area contributed by atoms with Crippen molar-refractivity contribution in [1.82, 2.24) is 9.97 Å². The minimum absolute atomic E-state index is 0.178. The van der Waals surface area contributed by atoms with Crippen molar-refractivity contribution < 1.29 is 9.53 Å². The van der Waals surface area contributed by atoms with Gasteiger partial charge in [-0.05, 0) is 30.9 Å². The summed E-state index contributed by atoms with van der Waals surface area (Å²) >= 11 is 5.65. The van der Waals surface area contributed by atoms with Crippen molar-refractivity contribution in [2.24, 2.45) is 5.41 Å². The summed E-state index contributed by atoms with van der Waals surface area (Å²) in [7, 11) is 0. The molecule has 0 unspecified atom stereocenters. The molecule has 0 saturated carbocycles. The fourth-order valence-corrected chi connectivity index (χ4v) is 2.84. The highest BCUT2D eigenvalue weighted by Gasteiger charge is 2.47. The number of carbonyl (C=O) groups is 1. The molecule has 0 atom stereocenters. The molecule has 3 rings (SSSR count). The van der Waals surface area contributed by atoms with Crippen LogP contribution in [0.5, 0.6) is 0 Å². The standard InChI is InChI=1S/C12H14ClN3O2/c13-11-14-7-9(8-15-11)16-4-1-12(10(16)17)2-5-18-6-3-12/h7-8H,1-6H2. The van der Waals surface area contributed by atoms with E-state index in [0.717, 1.165) is 31.5 Å². The largest absolute Gasteiger partial charge is 0.381 e. The van der Waals surface area contributed by atoms with Crippen LogP contribution in [-0.4, -0.2) is 35.6 Å². The molecule has 0 bridgehead atoms. The number of anilines is 1. The Morgan fingerprint density at radius 3 is 2.56 bits per heavy atom. The van der Waals surface area contributed by atoms with Crippen LogP contribution in [0.1, 0.15) is 19.3 Å². The number of carbonyl (C=O) groups excluding carboxylic acids is 1. The number of aromatic nitrogens is 2. The van der Waals surface area contributed by atoms with E-state index in [-0.39, 0.29) is 16.6 Å². The second-order valence-corrected chi connectivity index (χ2v) is 5.15. The molecule has 1 amide bonds. The zero-order chi connectivity index (χ0) is 12.6. The van der Waals surface area contributed by atoms with Gasteiger partial charge < -0.3 is 9.64 Å². The molecule has 0 aliphatic carbocycles. The van der Waals surface area contributed by atoms with Gasteiger partial charge in [0.05, 0.1) is 23.5 Å². The van der Waals surface area contributed by atoms with E-state index in [1.165, 1.54) is 0 Å². The second kappa shape index (κ2) is 4.48. The Labute approximate surface area is 110 Å². The SMILES string of the molecule is O=C1N(c2cnc(Cl)nc2)CCC12CCOCC2. The summed E-state index contributed by atoms with van der Waals surface area (Å²) in [6, 6.07) is 0. The van der Waals surface area contributed by atoms with Gasteiger partial charge in [-0.25, -0.2) is 9.97 Å². The molecule has 0 radical (unpaired) electrons. The summed E-state index contributed by atoms with van der Waals surface area (Å²) in [6.45, 7) is 2.08. The van der Waals surface area contributed by atoms with E-state index in [2.05, 4.69) is 9.97 Å². The molecular formula is C12H14ClN3O2. The summed E-state index contributed by atoms with van der Waals surface area (Å²) in [5.41, 5.74) is 0.505. The predicted octanol–water partition coefficient (Wildman–Crippen LogP) is 1.66. The summed E-state index contributed by atoms with van der Waals surface area (Å²) in [6.07, 6.45) is 5.72. The fourth-order valence-electron chi connectivity index (χ4n) is 2.74. The van der Waals surface area contributed by atoms with Gasteiger partial charge in [0.15, 0.2) is 0 Å².